The average molecular weight is 378 g/mol. The lowest BCUT2D eigenvalue weighted by atomic mass is 10.2. The van der Waals surface area contributed by atoms with Crippen LogP contribution < -0.4 is 5.43 Å². The Labute approximate surface area is 139 Å². The second kappa shape index (κ2) is 6.34. The average Bonchev–Trinajstić information content (AvgIpc) is 2.90. The Bertz CT molecular complexity index is 873. The number of amides is 1. The number of rotatable bonds is 3. The van der Waals surface area contributed by atoms with Crippen LogP contribution in [0, 0.1) is 0 Å². The molecule has 110 valence electrons. The van der Waals surface area contributed by atoms with E-state index in [4.69, 9.17) is 16.0 Å². The molecule has 1 aromatic heterocycles. The minimum Gasteiger partial charge on any atom is -0.451 e. The van der Waals surface area contributed by atoms with E-state index in [1.807, 2.05) is 24.3 Å². The first-order valence-electron chi connectivity index (χ1n) is 6.40. The molecule has 0 unspecified atom stereocenters. The molecule has 0 aliphatic rings. The number of nitrogens with one attached hydrogen (secondary N) is 1. The topological polar surface area (TPSA) is 54.6 Å². The van der Waals surface area contributed by atoms with Crippen LogP contribution in [0.1, 0.15) is 16.1 Å². The molecule has 0 fully saturated rings. The Hall–Kier alpha value is -2.11. The van der Waals surface area contributed by atoms with Crippen molar-refractivity contribution in [3.05, 3.63) is 69.3 Å². The zero-order valence-corrected chi connectivity index (χ0v) is 13.6. The summed E-state index contributed by atoms with van der Waals surface area (Å²) >= 11 is 9.27. The Morgan fingerprint density at radius 2 is 2.09 bits per heavy atom. The molecule has 1 N–H and O–H groups in total. The summed E-state index contributed by atoms with van der Waals surface area (Å²) in [7, 11) is 0. The van der Waals surface area contributed by atoms with E-state index < -0.39 is 5.91 Å². The third-order valence-electron chi connectivity index (χ3n) is 2.93. The molecule has 1 heterocycles. The third kappa shape index (κ3) is 3.37. The molecule has 6 heteroatoms. The number of furan rings is 1. The van der Waals surface area contributed by atoms with Crippen molar-refractivity contribution in [1.82, 2.24) is 5.43 Å². The zero-order chi connectivity index (χ0) is 15.5. The predicted octanol–water partition coefficient (Wildman–Crippen LogP) is 4.61. The van der Waals surface area contributed by atoms with Gasteiger partial charge in [0.1, 0.15) is 5.58 Å². The van der Waals surface area contributed by atoms with Crippen LogP contribution in [0.5, 0.6) is 0 Å². The molecule has 2 aromatic carbocycles. The molecule has 1 amide bonds. The number of carbonyl (C=O) groups excluding carboxylic acids is 1. The first-order chi connectivity index (χ1) is 10.6. The SMILES string of the molecule is O=C(N/N=C/c1cccc(Br)c1)c1cc2cc(Cl)ccc2o1. The van der Waals surface area contributed by atoms with E-state index in [1.165, 1.54) is 0 Å². The molecule has 3 rings (SSSR count). The van der Waals surface area contributed by atoms with Gasteiger partial charge >= 0.3 is 5.91 Å². The van der Waals surface area contributed by atoms with Gasteiger partial charge in [-0.25, -0.2) is 5.43 Å². The van der Waals surface area contributed by atoms with Crippen molar-refractivity contribution >= 4 is 50.6 Å². The first-order valence-corrected chi connectivity index (χ1v) is 7.57. The van der Waals surface area contributed by atoms with Crippen LogP contribution in [0.15, 0.2) is 62.5 Å². The van der Waals surface area contributed by atoms with Crippen molar-refractivity contribution in [2.24, 2.45) is 5.10 Å². The molecule has 0 aliphatic heterocycles. The van der Waals surface area contributed by atoms with Crippen molar-refractivity contribution in [3.63, 3.8) is 0 Å². The van der Waals surface area contributed by atoms with Gasteiger partial charge in [-0.3, -0.25) is 4.79 Å². The summed E-state index contributed by atoms with van der Waals surface area (Å²) in [4.78, 5) is 12.0. The fourth-order valence-corrected chi connectivity index (χ4v) is 2.53. The third-order valence-corrected chi connectivity index (χ3v) is 3.66. The summed E-state index contributed by atoms with van der Waals surface area (Å²) in [6.07, 6.45) is 1.56. The number of halogens is 2. The van der Waals surface area contributed by atoms with E-state index in [0.717, 1.165) is 15.4 Å². The van der Waals surface area contributed by atoms with Gasteiger partial charge in [0.15, 0.2) is 5.76 Å². The Balaban J connectivity index is 1.73. The molecule has 4 nitrogen and oxygen atoms in total. The summed E-state index contributed by atoms with van der Waals surface area (Å²) in [5.74, 6) is -0.234. The fourth-order valence-electron chi connectivity index (χ4n) is 1.93. The molecule has 0 spiro atoms. The van der Waals surface area contributed by atoms with E-state index in [0.29, 0.717) is 10.6 Å². The molecule has 0 aliphatic carbocycles. The second-order valence-electron chi connectivity index (χ2n) is 4.55. The standard InChI is InChI=1S/C16H10BrClN2O2/c17-12-3-1-2-10(6-12)9-19-20-16(21)15-8-11-7-13(18)4-5-14(11)22-15/h1-9H,(H,20,21)/b19-9+. The van der Waals surface area contributed by atoms with E-state index in [1.54, 1.807) is 30.5 Å². The number of hydrogen-bond donors (Lipinski definition) is 1. The van der Waals surface area contributed by atoms with Gasteiger partial charge in [-0.1, -0.05) is 39.7 Å². The maximum absolute atomic E-state index is 12.0. The summed E-state index contributed by atoms with van der Waals surface area (Å²) in [6, 6.07) is 14.4. The number of hydrogen-bond acceptors (Lipinski definition) is 3. The van der Waals surface area contributed by atoms with Crippen LogP contribution in [0.25, 0.3) is 11.0 Å². The van der Waals surface area contributed by atoms with E-state index in [9.17, 15) is 4.79 Å². The van der Waals surface area contributed by atoms with Gasteiger partial charge in [0, 0.05) is 14.9 Å². The van der Waals surface area contributed by atoms with Gasteiger partial charge in [0.25, 0.3) is 0 Å². The van der Waals surface area contributed by atoms with Crippen LogP contribution in [0.2, 0.25) is 5.02 Å². The number of benzene rings is 2. The van der Waals surface area contributed by atoms with Crippen molar-refractivity contribution in [1.29, 1.82) is 0 Å². The van der Waals surface area contributed by atoms with Gasteiger partial charge in [-0.2, -0.15) is 5.10 Å². The van der Waals surface area contributed by atoms with Gasteiger partial charge in [-0.05, 0) is 42.0 Å². The number of carbonyl (C=O) groups is 1. The molecular weight excluding hydrogens is 368 g/mol. The Morgan fingerprint density at radius 3 is 2.91 bits per heavy atom. The lowest BCUT2D eigenvalue weighted by molar-refractivity contribution is 0.0929. The Morgan fingerprint density at radius 1 is 1.23 bits per heavy atom. The molecule has 22 heavy (non-hydrogen) atoms. The molecule has 0 bridgehead atoms. The lowest BCUT2D eigenvalue weighted by Gasteiger charge is -1.96. The highest BCUT2D eigenvalue weighted by Gasteiger charge is 2.11. The monoisotopic (exact) mass is 376 g/mol. The smallest absolute Gasteiger partial charge is 0.307 e. The Kier molecular flexibility index (Phi) is 4.27. The van der Waals surface area contributed by atoms with Crippen LogP contribution in [-0.2, 0) is 0 Å². The van der Waals surface area contributed by atoms with E-state index >= 15 is 0 Å². The predicted molar refractivity (Wildman–Crippen MR) is 90.4 cm³/mol. The van der Waals surface area contributed by atoms with E-state index in [-0.39, 0.29) is 5.76 Å². The number of hydrazone groups is 1. The zero-order valence-electron chi connectivity index (χ0n) is 11.2. The number of fused-ring (bicyclic) bond motifs is 1. The van der Waals surface area contributed by atoms with Crippen LogP contribution >= 0.6 is 27.5 Å². The second-order valence-corrected chi connectivity index (χ2v) is 5.90. The maximum Gasteiger partial charge on any atom is 0.307 e. The highest BCUT2D eigenvalue weighted by molar-refractivity contribution is 9.10. The normalized spacial score (nSPS) is 11.2. The maximum atomic E-state index is 12.0. The minimum atomic E-state index is -0.418. The van der Waals surface area contributed by atoms with Crippen molar-refractivity contribution < 1.29 is 9.21 Å². The van der Waals surface area contributed by atoms with Crippen LogP contribution in [0.4, 0.5) is 0 Å². The molecule has 0 saturated carbocycles. The number of nitrogens with zero attached hydrogens (tertiary/aromatic N) is 1. The first kappa shape index (κ1) is 14.8. The van der Waals surface area contributed by atoms with Gasteiger partial charge < -0.3 is 4.42 Å². The van der Waals surface area contributed by atoms with Gasteiger partial charge in [-0.15, -0.1) is 0 Å². The largest absolute Gasteiger partial charge is 0.451 e. The van der Waals surface area contributed by atoms with Crippen LogP contribution in [-0.4, -0.2) is 12.1 Å². The fraction of sp³-hybridized carbons (Fsp3) is 0. The summed E-state index contributed by atoms with van der Waals surface area (Å²) in [6.45, 7) is 0. The van der Waals surface area contributed by atoms with Gasteiger partial charge in [0.05, 0.1) is 6.21 Å². The van der Waals surface area contributed by atoms with Crippen LogP contribution in [0.3, 0.4) is 0 Å². The highest BCUT2D eigenvalue weighted by atomic mass is 79.9. The summed E-state index contributed by atoms with van der Waals surface area (Å²) < 4.78 is 6.40. The highest BCUT2D eigenvalue weighted by Crippen LogP contribution is 2.22. The summed E-state index contributed by atoms with van der Waals surface area (Å²) in [5.41, 5.74) is 3.90. The van der Waals surface area contributed by atoms with Gasteiger partial charge in [0.2, 0.25) is 0 Å². The summed E-state index contributed by atoms with van der Waals surface area (Å²) in [5, 5.41) is 5.28. The quantitative estimate of drug-likeness (QED) is 0.535. The lowest BCUT2D eigenvalue weighted by Crippen LogP contribution is -2.16. The molecule has 0 radical (unpaired) electrons. The molecule has 0 atom stereocenters. The van der Waals surface area contributed by atoms with Crippen molar-refractivity contribution in [2.75, 3.05) is 0 Å². The van der Waals surface area contributed by atoms with E-state index in [2.05, 4.69) is 26.5 Å². The molecular formula is C16H10BrClN2O2. The molecule has 3 aromatic rings. The van der Waals surface area contributed by atoms with Crippen molar-refractivity contribution in [2.45, 2.75) is 0 Å². The minimum absolute atomic E-state index is 0.184. The molecule has 0 saturated heterocycles. The van der Waals surface area contributed by atoms with Crippen molar-refractivity contribution in [3.8, 4) is 0 Å².